The van der Waals surface area contributed by atoms with E-state index in [2.05, 4.69) is 15.4 Å². The SMILES string of the molecule is Cc1cc(-c2ccnnc2)no1. The average molecular weight is 161 g/mol. The summed E-state index contributed by atoms with van der Waals surface area (Å²) in [5, 5.41) is 11.3. The van der Waals surface area contributed by atoms with Crippen molar-refractivity contribution < 1.29 is 4.52 Å². The third kappa shape index (κ3) is 1.18. The van der Waals surface area contributed by atoms with Gasteiger partial charge in [0, 0.05) is 11.6 Å². The minimum absolute atomic E-state index is 0.793. The molecule has 2 aromatic rings. The second-order valence-electron chi connectivity index (χ2n) is 2.45. The molecule has 0 aliphatic heterocycles. The van der Waals surface area contributed by atoms with Gasteiger partial charge >= 0.3 is 0 Å². The molecule has 0 amide bonds. The highest BCUT2D eigenvalue weighted by molar-refractivity contribution is 5.56. The summed E-state index contributed by atoms with van der Waals surface area (Å²) in [7, 11) is 0. The Labute approximate surface area is 69.2 Å². The predicted molar refractivity (Wildman–Crippen MR) is 42.3 cm³/mol. The van der Waals surface area contributed by atoms with Crippen molar-refractivity contribution in [3.8, 4) is 11.3 Å². The molecule has 0 spiro atoms. The minimum Gasteiger partial charge on any atom is -0.361 e. The first-order chi connectivity index (χ1) is 5.86. The van der Waals surface area contributed by atoms with E-state index in [0.717, 1.165) is 17.0 Å². The van der Waals surface area contributed by atoms with Crippen LogP contribution in [0.15, 0.2) is 29.0 Å². The normalized spacial score (nSPS) is 10.1. The van der Waals surface area contributed by atoms with Crippen molar-refractivity contribution in [2.45, 2.75) is 6.92 Å². The van der Waals surface area contributed by atoms with Crippen molar-refractivity contribution in [3.63, 3.8) is 0 Å². The lowest BCUT2D eigenvalue weighted by molar-refractivity contribution is 0.399. The second-order valence-corrected chi connectivity index (χ2v) is 2.45. The maximum Gasteiger partial charge on any atom is 0.134 e. The summed E-state index contributed by atoms with van der Waals surface area (Å²) in [6.07, 6.45) is 3.27. The lowest BCUT2D eigenvalue weighted by atomic mass is 10.2. The Morgan fingerprint density at radius 3 is 2.83 bits per heavy atom. The van der Waals surface area contributed by atoms with Gasteiger partial charge in [0.1, 0.15) is 11.5 Å². The van der Waals surface area contributed by atoms with E-state index < -0.39 is 0 Å². The zero-order valence-electron chi connectivity index (χ0n) is 6.56. The highest BCUT2D eigenvalue weighted by atomic mass is 16.5. The second kappa shape index (κ2) is 2.73. The first kappa shape index (κ1) is 6.97. The van der Waals surface area contributed by atoms with Crippen molar-refractivity contribution in [1.82, 2.24) is 15.4 Å². The Hall–Kier alpha value is -1.71. The maximum absolute atomic E-state index is 4.92. The van der Waals surface area contributed by atoms with Gasteiger partial charge in [-0.2, -0.15) is 10.2 Å². The number of hydrogen-bond acceptors (Lipinski definition) is 4. The third-order valence-electron chi connectivity index (χ3n) is 1.51. The van der Waals surface area contributed by atoms with Crippen LogP contribution in [0.3, 0.4) is 0 Å². The molecule has 0 unspecified atom stereocenters. The van der Waals surface area contributed by atoms with E-state index in [0.29, 0.717) is 0 Å². The molecule has 0 aliphatic rings. The van der Waals surface area contributed by atoms with Crippen molar-refractivity contribution in [1.29, 1.82) is 0 Å². The van der Waals surface area contributed by atoms with Gasteiger partial charge in [0.2, 0.25) is 0 Å². The molecule has 2 rings (SSSR count). The molecule has 0 aromatic carbocycles. The van der Waals surface area contributed by atoms with Gasteiger partial charge in [-0.25, -0.2) is 0 Å². The summed E-state index contributed by atoms with van der Waals surface area (Å²) >= 11 is 0. The van der Waals surface area contributed by atoms with E-state index in [4.69, 9.17) is 4.52 Å². The number of aryl methyl sites for hydroxylation is 1. The van der Waals surface area contributed by atoms with Crippen molar-refractivity contribution in [2.75, 3.05) is 0 Å². The fourth-order valence-electron chi connectivity index (χ4n) is 0.945. The first-order valence-electron chi connectivity index (χ1n) is 3.56. The van der Waals surface area contributed by atoms with Crippen LogP contribution in [0, 0.1) is 6.92 Å². The summed E-state index contributed by atoms with van der Waals surface area (Å²) in [4.78, 5) is 0. The van der Waals surface area contributed by atoms with Crippen molar-refractivity contribution >= 4 is 0 Å². The zero-order valence-corrected chi connectivity index (χ0v) is 6.56. The van der Waals surface area contributed by atoms with Crippen molar-refractivity contribution in [3.05, 3.63) is 30.3 Å². The Balaban J connectivity index is 2.45. The van der Waals surface area contributed by atoms with Gasteiger partial charge in [0.25, 0.3) is 0 Å². The van der Waals surface area contributed by atoms with Crippen LogP contribution in [0.1, 0.15) is 5.76 Å². The van der Waals surface area contributed by atoms with Crippen LogP contribution in [0.2, 0.25) is 0 Å². The molecule has 2 aromatic heterocycles. The fourth-order valence-corrected chi connectivity index (χ4v) is 0.945. The number of rotatable bonds is 1. The molecule has 4 nitrogen and oxygen atoms in total. The molecule has 0 radical (unpaired) electrons. The van der Waals surface area contributed by atoms with Crippen LogP contribution in [0.5, 0.6) is 0 Å². The van der Waals surface area contributed by atoms with E-state index in [1.807, 2.05) is 19.1 Å². The summed E-state index contributed by atoms with van der Waals surface area (Å²) in [6.45, 7) is 1.85. The smallest absolute Gasteiger partial charge is 0.134 e. The monoisotopic (exact) mass is 161 g/mol. The van der Waals surface area contributed by atoms with Crippen LogP contribution in [-0.4, -0.2) is 15.4 Å². The molecule has 2 heterocycles. The van der Waals surface area contributed by atoms with E-state index in [-0.39, 0.29) is 0 Å². The van der Waals surface area contributed by atoms with Gasteiger partial charge in [-0.1, -0.05) is 5.16 Å². The highest BCUT2D eigenvalue weighted by Gasteiger charge is 2.02. The zero-order chi connectivity index (χ0) is 8.39. The number of aromatic nitrogens is 3. The standard InChI is InChI=1S/C8H7N3O/c1-6-4-8(11-12-6)7-2-3-9-10-5-7/h2-5H,1H3. The molecular formula is C8H7N3O. The minimum atomic E-state index is 0.793. The van der Waals surface area contributed by atoms with Gasteiger partial charge < -0.3 is 4.52 Å². The average Bonchev–Trinajstić information content (AvgIpc) is 2.54. The van der Waals surface area contributed by atoms with Gasteiger partial charge in [-0.05, 0) is 13.0 Å². The Morgan fingerprint density at radius 2 is 2.25 bits per heavy atom. The van der Waals surface area contributed by atoms with Crippen LogP contribution in [0.4, 0.5) is 0 Å². The largest absolute Gasteiger partial charge is 0.361 e. The molecule has 0 bridgehead atoms. The third-order valence-corrected chi connectivity index (χ3v) is 1.51. The van der Waals surface area contributed by atoms with Gasteiger partial charge in [-0.3, -0.25) is 0 Å². The van der Waals surface area contributed by atoms with Crippen LogP contribution in [0.25, 0.3) is 11.3 Å². The Morgan fingerprint density at radius 1 is 1.33 bits per heavy atom. The molecule has 0 saturated carbocycles. The number of hydrogen-bond donors (Lipinski definition) is 0. The van der Waals surface area contributed by atoms with Gasteiger partial charge in [0.05, 0.1) is 12.4 Å². The van der Waals surface area contributed by atoms with E-state index >= 15 is 0 Å². The summed E-state index contributed by atoms with van der Waals surface area (Å²) < 4.78 is 4.92. The summed E-state index contributed by atoms with van der Waals surface area (Å²) in [6, 6.07) is 3.70. The van der Waals surface area contributed by atoms with E-state index in [1.165, 1.54) is 0 Å². The summed E-state index contributed by atoms with van der Waals surface area (Å²) in [5.41, 5.74) is 1.71. The van der Waals surface area contributed by atoms with Crippen LogP contribution in [-0.2, 0) is 0 Å². The molecule has 0 aliphatic carbocycles. The lowest BCUT2D eigenvalue weighted by Gasteiger charge is -1.89. The van der Waals surface area contributed by atoms with Crippen LogP contribution < -0.4 is 0 Å². The van der Waals surface area contributed by atoms with E-state index in [9.17, 15) is 0 Å². The Kier molecular flexibility index (Phi) is 1.59. The van der Waals surface area contributed by atoms with Gasteiger partial charge in [-0.15, -0.1) is 0 Å². The molecule has 12 heavy (non-hydrogen) atoms. The molecule has 60 valence electrons. The summed E-state index contributed by atoms with van der Waals surface area (Å²) in [5.74, 6) is 0.793. The number of nitrogens with zero attached hydrogens (tertiary/aromatic N) is 3. The topological polar surface area (TPSA) is 51.8 Å². The van der Waals surface area contributed by atoms with E-state index in [1.54, 1.807) is 12.4 Å². The quantitative estimate of drug-likeness (QED) is 0.635. The molecule has 0 fully saturated rings. The molecule has 0 atom stereocenters. The fraction of sp³-hybridized carbons (Fsp3) is 0.125. The molecule has 0 saturated heterocycles. The van der Waals surface area contributed by atoms with Crippen LogP contribution >= 0.6 is 0 Å². The lowest BCUT2D eigenvalue weighted by Crippen LogP contribution is -1.80. The van der Waals surface area contributed by atoms with Gasteiger partial charge in [0.15, 0.2) is 0 Å². The highest BCUT2D eigenvalue weighted by Crippen LogP contribution is 2.15. The Bertz CT molecular complexity index is 369. The first-order valence-corrected chi connectivity index (χ1v) is 3.56. The maximum atomic E-state index is 4.92. The molecular weight excluding hydrogens is 154 g/mol. The predicted octanol–water partition coefficient (Wildman–Crippen LogP) is 1.44. The van der Waals surface area contributed by atoms with Crippen molar-refractivity contribution in [2.24, 2.45) is 0 Å². The molecule has 0 N–H and O–H groups in total. The molecule has 4 heteroatoms.